The quantitative estimate of drug-likeness (QED) is 0.150. The van der Waals surface area contributed by atoms with E-state index in [2.05, 4.69) is 21.1 Å². The lowest BCUT2D eigenvalue weighted by molar-refractivity contribution is -0.144. The summed E-state index contributed by atoms with van der Waals surface area (Å²) in [6.45, 7) is 1.89. The number of benzene rings is 1. The standard InChI is InChI=1S/C21H31N5O4/c1-2-30-20(28)12-18(15-7-4-3-5-8-15)26-19(27)13-23-21(29)16-9-6-10-17(11-16)24-14-25-22/h6,9-11,14-15,18H,2-5,7-8,12-13,22H2,1H3,(H,23,29)(H,24,25)(H,26,27). The lowest BCUT2D eigenvalue weighted by Crippen LogP contribution is -2.46. The van der Waals surface area contributed by atoms with Gasteiger partial charge in [0, 0.05) is 11.6 Å². The van der Waals surface area contributed by atoms with Crippen LogP contribution in [0.5, 0.6) is 0 Å². The van der Waals surface area contributed by atoms with Crippen LogP contribution in [0.4, 0.5) is 5.69 Å². The molecule has 9 nitrogen and oxygen atoms in total. The number of nitrogens with one attached hydrogen (secondary N) is 3. The van der Waals surface area contributed by atoms with Crippen LogP contribution in [0.15, 0.2) is 29.3 Å². The van der Waals surface area contributed by atoms with Crippen LogP contribution in [-0.2, 0) is 14.3 Å². The van der Waals surface area contributed by atoms with E-state index in [1.165, 1.54) is 12.8 Å². The number of hydrogen-bond donors (Lipinski definition) is 4. The van der Waals surface area contributed by atoms with Gasteiger partial charge in [0.2, 0.25) is 5.91 Å². The van der Waals surface area contributed by atoms with E-state index >= 15 is 0 Å². The molecule has 164 valence electrons. The van der Waals surface area contributed by atoms with Gasteiger partial charge in [0.25, 0.3) is 5.91 Å². The summed E-state index contributed by atoms with van der Waals surface area (Å²) in [4.78, 5) is 40.8. The minimum atomic E-state index is -0.387. The highest BCUT2D eigenvalue weighted by Crippen LogP contribution is 2.28. The monoisotopic (exact) mass is 417 g/mol. The Balaban J connectivity index is 1.91. The zero-order valence-corrected chi connectivity index (χ0v) is 17.4. The molecule has 0 heterocycles. The third kappa shape index (κ3) is 7.82. The van der Waals surface area contributed by atoms with E-state index in [1.807, 2.05) is 0 Å². The van der Waals surface area contributed by atoms with Crippen molar-refractivity contribution in [3.8, 4) is 0 Å². The summed E-state index contributed by atoms with van der Waals surface area (Å²) in [6.07, 6.45) is 6.76. The Hall–Kier alpha value is -2.94. The molecule has 0 saturated heterocycles. The van der Waals surface area contributed by atoms with Gasteiger partial charge < -0.3 is 20.8 Å². The molecular weight excluding hydrogens is 386 g/mol. The van der Waals surface area contributed by atoms with E-state index in [0.717, 1.165) is 25.7 Å². The fourth-order valence-corrected chi connectivity index (χ4v) is 3.63. The van der Waals surface area contributed by atoms with Gasteiger partial charge in [-0.1, -0.05) is 25.3 Å². The van der Waals surface area contributed by atoms with Crippen molar-refractivity contribution < 1.29 is 19.1 Å². The number of carbonyl (C=O) groups excluding carboxylic acids is 3. The van der Waals surface area contributed by atoms with Gasteiger partial charge in [-0.25, -0.2) is 10.8 Å². The maximum Gasteiger partial charge on any atom is 0.307 e. The molecule has 1 aliphatic carbocycles. The van der Waals surface area contributed by atoms with Gasteiger partial charge in [0.15, 0.2) is 0 Å². The van der Waals surface area contributed by atoms with Gasteiger partial charge >= 0.3 is 5.97 Å². The zero-order chi connectivity index (χ0) is 21.8. The van der Waals surface area contributed by atoms with Crippen LogP contribution in [0.2, 0.25) is 0 Å². The number of hydrogen-bond acceptors (Lipinski definition) is 6. The largest absolute Gasteiger partial charge is 0.466 e. The van der Waals surface area contributed by atoms with Crippen molar-refractivity contribution in [2.75, 3.05) is 13.2 Å². The van der Waals surface area contributed by atoms with Crippen LogP contribution in [0.25, 0.3) is 0 Å². The molecule has 0 radical (unpaired) electrons. The average Bonchev–Trinajstić information content (AvgIpc) is 2.76. The molecule has 30 heavy (non-hydrogen) atoms. The maximum absolute atomic E-state index is 12.5. The minimum absolute atomic E-state index is 0.146. The number of carbonyl (C=O) groups is 3. The van der Waals surface area contributed by atoms with Gasteiger partial charge in [0.1, 0.15) is 6.34 Å². The van der Waals surface area contributed by atoms with Crippen molar-refractivity contribution >= 4 is 29.8 Å². The fourth-order valence-electron chi connectivity index (χ4n) is 3.63. The van der Waals surface area contributed by atoms with Crippen molar-refractivity contribution in [1.82, 2.24) is 16.1 Å². The summed E-state index contributed by atoms with van der Waals surface area (Å²) in [5.74, 6) is 4.35. The van der Waals surface area contributed by atoms with Crippen LogP contribution < -0.4 is 21.9 Å². The molecule has 1 unspecified atom stereocenters. The zero-order valence-electron chi connectivity index (χ0n) is 17.4. The van der Waals surface area contributed by atoms with Gasteiger partial charge in [0.05, 0.1) is 25.3 Å². The van der Waals surface area contributed by atoms with Crippen molar-refractivity contribution in [1.29, 1.82) is 0 Å². The lowest BCUT2D eigenvalue weighted by atomic mass is 9.82. The topological polar surface area (TPSA) is 135 Å². The summed E-state index contributed by atoms with van der Waals surface area (Å²) in [7, 11) is 0. The number of ether oxygens (including phenoxy) is 1. The molecule has 1 aliphatic rings. The second kappa shape index (κ2) is 12.6. The molecule has 1 saturated carbocycles. The van der Waals surface area contributed by atoms with Gasteiger partial charge in [-0.2, -0.15) is 0 Å². The Bertz CT molecular complexity index is 747. The van der Waals surface area contributed by atoms with Gasteiger partial charge in [-0.05, 0) is 43.9 Å². The molecule has 2 amide bonds. The molecule has 1 aromatic carbocycles. The van der Waals surface area contributed by atoms with Crippen LogP contribution >= 0.6 is 0 Å². The Morgan fingerprint density at radius 2 is 2.03 bits per heavy atom. The van der Waals surface area contributed by atoms with Gasteiger partial charge in [-0.15, -0.1) is 0 Å². The van der Waals surface area contributed by atoms with Crippen LogP contribution in [0, 0.1) is 5.92 Å². The number of hydrazine groups is 1. The molecule has 1 atom stereocenters. The molecule has 0 aromatic heterocycles. The minimum Gasteiger partial charge on any atom is -0.466 e. The molecule has 9 heteroatoms. The molecule has 0 spiro atoms. The van der Waals surface area contributed by atoms with Crippen LogP contribution in [0.1, 0.15) is 55.8 Å². The first-order valence-electron chi connectivity index (χ1n) is 10.4. The Morgan fingerprint density at radius 3 is 2.73 bits per heavy atom. The summed E-state index contributed by atoms with van der Waals surface area (Å²) in [5, 5.41) is 5.53. The van der Waals surface area contributed by atoms with Crippen LogP contribution in [-0.4, -0.2) is 43.3 Å². The molecule has 0 aliphatic heterocycles. The van der Waals surface area contributed by atoms with E-state index in [9.17, 15) is 14.4 Å². The summed E-state index contributed by atoms with van der Waals surface area (Å²) in [6, 6.07) is 6.36. The number of amides is 2. The highest BCUT2D eigenvalue weighted by Gasteiger charge is 2.27. The third-order valence-electron chi connectivity index (χ3n) is 5.06. The molecule has 1 fully saturated rings. The first-order chi connectivity index (χ1) is 14.5. The number of aliphatic imine (C=N–C) groups is 1. The summed E-state index contributed by atoms with van der Waals surface area (Å²) in [5.41, 5.74) is 3.23. The second-order valence-corrected chi connectivity index (χ2v) is 7.24. The lowest BCUT2D eigenvalue weighted by Gasteiger charge is -2.30. The number of esters is 1. The van der Waals surface area contributed by atoms with E-state index in [0.29, 0.717) is 17.9 Å². The molecule has 1 aromatic rings. The number of rotatable bonds is 10. The van der Waals surface area contributed by atoms with Crippen molar-refractivity contribution in [3.63, 3.8) is 0 Å². The van der Waals surface area contributed by atoms with Crippen molar-refractivity contribution in [3.05, 3.63) is 29.8 Å². The Kier molecular flexibility index (Phi) is 9.79. The van der Waals surface area contributed by atoms with Crippen molar-refractivity contribution in [2.45, 2.75) is 51.5 Å². The highest BCUT2D eigenvalue weighted by molar-refractivity contribution is 5.97. The van der Waals surface area contributed by atoms with E-state index in [1.54, 1.807) is 31.2 Å². The SMILES string of the molecule is CCOC(=O)CC(NC(=O)CNC(=O)c1cccc(N=CNN)c1)C1CCCCC1. The molecule has 5 N–H and O–H groups in total. The van der Waals surface area contributed by atoms with Crippen LogP contribution in [0.3, 0.4) is 0 Å². The van der Waals surface area contributed by atoms with E-state index in [4.69, 9.17) is 10.6 Å². The van der Waals surface area contributed by atoms with E-state index < -0.39 is 0 Å². The molecule has 2 rings (SSSR count). The number of nitrogens with two attached hydrogens (primary N) is 1. The average molecular weight is 418 g/mol. The van der Waals surface area contributed by atoms with Crippen molar-refractivity contribution in [2.24, 2.45) is 16.8 Å². The first kappa shape index (κ1) is 23.3. The summed E-state index contributed by atoms with van der Waals surface area (Å²) >= 11 is 0. The maximum atomic E-state index is 12.5. The number of nitrogens with zero attached hydrogens (tertiary/aromatic N) is 1. The van der Waals surface area contributed by atoms with Gasteiger partial charge in [-0.3, -0.25) is 14.4 Å². The molecule has 0 bridgehead atoms. The first-order valence-corrected chi connectivity index (χ1v) is 10.4. The predicted molar refractivity (Wildman–Crippen MR) is 114 cm³/mol. The highest BCUT2D eigenvalue weighted by atomic mass is 16.5. The normalized spacial score (nSPS) is 15.4. The Morgan fingerprint density at radius 1 is 1.27 bits per heavy atom. The third-order valence-corrected chi connectivity index (χ3v) is 5.06. The smallest absolute Gasteiger partial charge is 0.307 e. The predicted octanol–water partition coefficient (Wildman–Crippen LogP) is 1.56. The Labute approximate surface area is 176 Å². The van der Waals surface area contributed by atoms with E-state index in [-0.39, 0.29) is 42.7 Å². The second-order valence-electron chi connectivity index (χ2n) is 7.24. The molecular formula is C21H31N5O4. The fraction of sp³-hybridized carbons (Fsp3) is 0.524. The summed E-state index contributed by atoms with van der Waals surface area (Å²) < 4.78 is 5.06.